The Labute approximate surface area is 179 Å². The molecule has 0 aromatic heterocycles. The molecule has 31 heavy (non-hydrogen) atoms. The SMILES string of the molecule is COc1ccc(NC(=O)COC(=O)[C@@H]2CC(=O)N(NC(=O)c3ccccc3C)C2)cc1. The van der Waals surface area contributed by atoms with Gasteiger partial charge < -0.3 is 14.8 Å². The number of nitrogens with one attached hydrogen (secondary N) is 2. The van der Waals surface area contributed by atoms with E-state index in [9.17, 15) is 19.2 Å². The molecule has 0 radical (unpaired) electrons. The predicted octanol–water partition coefficient (Wildman–Crippen LogP) is 1.68. The van der Waals surface area contributed by atoms with Gasteiger partial charge in [0.2, 0.25) is 5.91 Å². The number of esters is 1. The molecule has 3 amide bonds. The molecule has 0 unspecified atom stereocenters. The number of hydrogen-bond donors (Lipinski definition) is 2. The zero-order valence-electron chi connectivity index (χ0n) is 17.2. The van der Waals surface area contributed by atoms with Gasteiger partial charge in [-0.1, -0.05) is 18.2 Å². The van der Waals surface area contributed by atoms with Crippen LogP contribution in [0.15, 0.2) is 48.5 Å². The topological polar surface area (TPSA) is 114 Å². The lowest BCUT2D eigenvalue weighted by Gasteiger charge is -2.18. The summed E-state index contributed by atoms with van der Waals surface area (Å²) in [6.45, 7) is 1.29. The van der Waals surface area contributed by atoms with Crippen LogP contribution in [-0.4, -0.2) is 49.0 Å². The van der Waals surface area contributed by atoms with Crippen molar-refractivity contribution >= 4 is 29.4 Å². The fraction of sp³-hybridized carbons (Fsp3) is 0.273. The van der Waals surface area contributed by atoms with E-state index in [1.165, 1.54) is 7.11 Å². The number of methoxy groups -OCH3 is 1. The van der Waals surface area contributed by atoms with Gasteiger partial charge in [-0.05, 0) is 42.8 Å². The van der Waals surface area contributed by atoms with Gasteiger partial charge in [-0.25, -0.2) is 0 Å². The Kier molecular flexibility index (Phi) is 6.86. The smallest absolute Gasteiger partial charge is 0.311 e. The largest absolute Gasteiger partial charge is 0.497 e. The van der Waals surface area contributed by atoms with Crippen LogP contribution in [0.1, 0.15) is 22.3 Å². The highest BCUT2D eigenvalue weighted by Gasteiger charge is 2.36. The average Bonchev–Trinajstić information content (AvgIpc) is 3.13. The highest BCUT2D eigenvalue weighted by molar-refractivity contribution is 5.98. The summed E-state index contributed by atoms with van der Waals surface area (Å²) in [4.78, 5) is 48.8. The standard InChI is InChI=1S/C22H23N3O6/c1-14-5-3-4-6-18(14)21(28)24-25-12-15(11-20(25)27)22(29)31-13-19(26)23-16-7-9-17(30-2)10-8-16/h3-10,15H,11-13H2,1-2H3,(H,23,26)(H,24,28)/t15-/m1/s1. The number of benzene rings is 2. The molecule has 3 rings (SSSR count). The maximum atomic E-state index is 12.4. The molecule has 1 heterocycles. The first-order chi connectivity index (χ1) is 14.9. The molecule has 9 heteroatoms. The van der Waals surface area contributed by atoms with Gasteiger partial charge >= 0.3 is 5.97 Å². The van der Waals surface area contributed by atoms with Gasteiger partial charge in [0.1, 0.15) is 5.75 Å². The van der Waals surface area contributed by atoms with Crippen LogP contribution in [-0.2, 0) is 19.1 Å². The molecule has 2 N–H and O–H groups in total. The van der Waals surface area contributed by atoms with Crippen molar-refractivity contribution in [1.82, 2.24) is 10.4 Å². The number of hydrogen-bond acceptors (Lipinski definition) is 6. The Balaban J connectivity index is 1.47. The minimum atomic E-state index is -0.765. The maximum absolute atomic E-state index is 12.4. The van der Waals surface area contributed by atoms with Crippen LogP contribution in [0.5, 0.6) is 5.75 Å². The second kappa shape index (κ2) is 9.75. The van der Waals surface area contributed by atoms with Crippen LogP contribution in [0.4, 0.5) is 5.69 Å². The zero-order valence-corrected chi connectivity index (χ0v) is 17.2. The van der Waals surface area contributed by atoms with Crippen molar-refractivity contribution in [2.24, 2.45) is 5.92 Å². The Morgan fingerprint density at radius 2 is 1.81 bits per heavy atom. The molecule has 2 aromatic carbocycles. The summed E-state index contributed by atoms with van der Waals surface area (Å²) in [6, 6.07) is 13.7. The van der Waals surface area contributed by atoms with Crippen LogP contribution in [0.3, 0.4) is 0 Å². The molecule has 0 bridgehead atoms. The third-order valence-corrected chi connectivity index (χ3v) is 4.80. The van der Waals surface area contributed by atoms with Gasteiger partial charge in [-0.3, -0.25) is 29.6 Å². The summed E-state index contributed by atoms with van der Waals surface area (Å²) in [5.74, 6) is -2.13. The summed E-state index contributed by atoms with van der Waals surface area (Å²) < 4.78 is 10.1. The number of ether oxygens (including phenoxy) is 2. The van der Waals surface area contributed by atoms with Gasteiger partial charge in [0, 0.05) is 17.7 Å². The molecule has 1 atom stereocenters. The summed E-state index contributed by atoms with van der Waals surface area (Å²) in [6.07, 6.45) is -0.104. The lowest BCUT2D eigenvalue weighted by molar-refractivity contribution is -0.151. The van der Waals surface area contributed by atoms with E-state index in [1.807, 2.05) is 6.07 Å². The van der Waals surface area contributed by atoms with Crippen molar-refractivity contribution in [2.75, 3.05) is 25.6 Å². The van der Waals surface area contributed by atoms with Crippen molar-refractivity contribution in [1.29, 1.82) is 0 Å². The van der Waals surface area contributed by atoms with Gasteiger partial charge in [0.05, 0.1) is 19.6 Å². The van der Waals surface area contributed by atoms with E-state index in [4.69, 9.17) is 9.47 Å². The van der Waals surface area contributed by atoms with Gasteiger partial charge in [0.15, 0.2) is 6.61 Å². The number of hydrazine groups is 1. The summed E-state index contributed by atoms with van der Waals surface area (Å²) in [5, 5.41) is 3.71. The van der Waals surface area contributed by atoms with Crippen molar-refractivity contribution < 1.29 is 28.7 Å². The molecule has 1 fully saturated rings. The van der Waals surface area contributed by atoms with E-state index >= 15 is 0 Å². The Morgan fingerprint density at radius 1 is 1.10 bits per heavy atom. The summed E-state index contributed by atoms with van der Waals surface area (Å²) in [5.41, 5.74) is 4.27. The van der Waals surface area contributed by atoms with Crippen LogP contribution in [0.25, 0.3) is 0 Å². The summed E-state index contributed by atoms with van der Waals surface area (Å²) in [7, 11) is 1.54. The van der Waals surface area contributed by atoms with Crippen LogP contribution >= 0.6 is 0 Å². The molecule has 0 aliphatic carbocycles. The fourth-order valence-electron chi connectivity index (χ4n) is 3.11. The Hall–Kier alpha value is -3.88. The van der Waals surface area contributed by atoms with Crippen molar-refractivity contribution in [2.45, 2.75) is 13.3 Å². The van der Waals surface area contributed by atoms with E-state index in [2.05, 4.69) is 10.7 Å². The second-order valence-electron chi connectivity index (χ2n) is 7.05. The third kappa shape index (κ3) is 5.59. The molecule has 1 saturated heterocycles. The fourth-order valence-corrected chi connectivity index (χ4v) is 3.11. The van der Waals surface area contributed by atoms with Crippen molar-refractivity contribution in [3.8, 4) is 5.75 Å². The Bertz CT molecular complexity index is 989. The third-order valence-electron chi connectivity index (χ3n) is 4.80. The van der Waals surface area contributed by atoms with Gasteiger partial charge in [-0.15, -0.1) is 0 Å². The molecule has 2 aromatic rings. The van der Waals surface area contributed by atoms with Crippen LogP contribution in [0.2, 0.25) is 0 Å². The molecule has 1 aliphatic rings. The van der Waals surface area contributed by atoms with E-state index in [-0.39, 0.29) is 13.0 Å². The number of amides is 3. The lowest BCUT2D eigenvalue weighted by atomic mass is 10.1. The minimum absolute atomic E-state index is 0.0185. The van der Waals surface area contributed by atoms with Gasteiger partial charge in [0.25, 0.3) is 11.8 Å². The highest BCUT2D eigenvalue weighted by Crippen LogP contribution is 2.19. The number of carbonyl (C=O) groups excluding carboxylic acids is 4. The van der Waals surface area contributed by atoms with E-state index < -0.39 is 36.2 Å². The molecular weight excluding hydrogens is 402 g/mol. The first kappa shape index (κ1) is 21.8. The van der Waals surface area contributed by atoms with Crippen LogP contribution in [0, 0.1) is 12.8 Å². The number of aryl methyl sites for hydroxylation is 1. The minimum Gasteiger partial charge on any atom is -0.497 e. The van der Waals surface area contributed by atoms with Gasteiger partial charge in [-0.2, -0.15) is 0 Å². The monoisotopic (exact) mass is 425 g/mol. The summed E-state index contributed by atoms with van der Waals surface area (Å²) >= 11 is 0. The molecule has 9 nitrogen and oxygen atoms in total. The average molecular weight is 425 g/mol. The molecule has 0 saturated carbocycles. The first-order valence-electron chi connectivity index (χ1n) is 9.65. The van der Waals surface area contributed by atoms with Crippen LogP contribution < -0.4 is 15.5 Å². The quantitative estimate of drug-likeness (QED) is 0.653. The number of carbonyl (C=O) groups is 4. The predicted molar refractivity (Wildman–Crippen MR) is 111 cm³/mol. The maximum Gasteiger partial charge on any atom is 0.311 e. The molecular formula is C22H23N3O6. The number of anilines is 1. The Morgan fingerprint density at radius 3 is 2.48 bits per heavy atom. The zero-order chi connectivity index (χ0) is 22.4. The van der Waals surface area contributed by atoms with Crippen molar-refractivity contribution in [3.63, 3.8) is 0 Å². The highest BCUT2D eigenvalue weighted by atomic mass is 16.5. The molecule has 162 valence electrons. The molecule has 0 spiro atoms. The first-order valence-corrected chi connectivity index (χ1v) is 9.65. The number of nitrogens with zero attached hydrogens (tertiary/aromatic N) is 1. The number of rotatable bonds is 7. The normalized spacial score (nSPS) is 15.4. The van der Waals surface area contributed by atoms with E-state index in [0.717, 1.165) is 10.6 Å². The van der Waals surface area contributed by atoms with E-state index in [1.54, 1.807) is 49.4 Å². The second-order valence-corrected chi connectivity index (χ2v) is 7.05. The van der Waals surface area contributed by atoms with Crippen molar-refractivity contribution in [3.05, 3.63) is 59.7 Å². The van der Waals surface area contributed by atoms with E-state index in [0.29, 0.717) is 17.0 Å². The molecule has 1 aliphatic heterocycles. The lowest BCUT2D eigenvalue weighted by Crippen LogP contribution is -2.43.